The van der Waals surface area contributed by atoms with Gasteiger partial charge in [0.15, 0.2) is 6.61 Å². The molecule has 0 aliphatic carbocycles. The molecule has 0 radical (unpaired) electrons. The van der Waals surface area contributed by atoms with Gasteiger partial charge in [-0.15, -0.1) is 0 Å². The van der Waals surface area contributed by atoms with Crippen LogP contribution in [0.5, 0.6) is 5.75 Å². The van der Waals surface area contributed by atoms with Crippen LogP contribution in [0.3, 0.4) is 0 Å². The minimum atomic E-state index is 0.0641. The summed E-state index contributed by atoms with van der Waals surface area (Å²) in [7, 11) is 0. The molecule has 1 aromatic carbocycles. The van der Waals surface area contributed by atoms with E-state index in [2.05, 4.69) is 19.2 Å². The summed E-state index contributed by atoms with van der Waals surface area (Å²) in [5, 5.41) is 3.31. The van der Waals surface area contributed by atoms with Gasteiger partial charge in [-0.25, -0.2) is 0 Å². The van der Waals surface area contributed by atoms with Crippen molar-refractivity contribution in [2.24, 2.45) is 0 Å². The van der Waals surface area contributed by atoms with E-state index in [4.69, 9.17) is 4.74 Å². The summed E-state index contributed by atoms with van der Waals surface area (Å²) >= 11 is 0. The van der Waals surface area contributed by atoms with Crippen LogP contribution >= 0.6 is 0 Å². The van der Waals surface area contributed by atoms with Crippen LogP contribution in [0.4, 0.5) is 0 Å². The largest absolute Gasteiger partial charge is 0.484 e. The monoisotopic (exact) mass is 276 g/mol. The van der Waals surface area contributed by atoms with Gasteiger partial charge in [-0.3, -0.25) is 4.79 Å². The smallest absolute Gasteiger partial charge is 0.261 e. The summed E-state index contributed by atoms with van der Waals surface area (Å²) in [6, 6.07) is 8.28. The van der Waals surface area contributed by atoms with Crippen LogP contribution in [0.1, 0.15) is 25.8 Å². The van der Waals surface area contributed by atoms with Gasteiger partial charge < -0.3 is 15.0 Å². The number of carbonyl (C=O) groups is 1. The molecule has 1 saturated heterocycles. The van der Waals surface area contributed by atoms with Crippen LogP contribution < -0.4 is 10.1 Å². The minimum absolute atomic E-state index is 0.0641. The SMILES string of the molecule is Cc1ccc(OCC(=O)N(C(C)C)C2CCNC2)cc1. The average Bonchev–Trinajstić information content (AvgIpc) is 2.91. The zero-order valence-electron chi connectivity index (χ0n) is 12.6. The van der Waals surface area contributed by atoms with Gasteiger partial charge >= 0.3 is 0 Å². The van der Waals surface area contributed by atoms with Crippen LogP contribution in [0.15, 0.2) is 24.3 Å². The Morgan fingerprint density at radius 1 is 1.40 bits per heavy atom. The summed E-state index contributed by atoms with van der Waals surface area (Å²) < 4.78 is 5.60. The zero-order valence-corrected chi connectivity index (χ0v) is 12.6. The van der Waals surface area contributed by atoms with Crippen molar-refractivity contribution in [1.82, 2.24) is 10.2 Å². The molecule has 1 fully saturated rings. The van der Waals surface area contributed by atoms with Crippen molar-refractivity contribution in [3.05, 3.63) is 29.8 Å². The van der Waals surface area contributed by atoms with Crippen LogP contribution in [0.2, 0.25) is 0 Å². The number of rotatable bonds is 5. The molecule has 1 aromatic rings. The maximum Gasteiger partial charge on any atom is 0.261 e. The zero-order chi connectivity index (χ0) is 14.5. The first-order chi connectivity index (χ1) is 9.58. The van der Waals surface area contributed by atoms with Crippen molar-refractivity contribution in [2.75, 3.05) is 19.7 Å². The number of carbonyl (C=O) groups excluding carboxylic acids is 1. The van der Waals surface area contributed by atoms with Crippen LogP contribution in [0, 0.1) is 6.92 Å². The van der Waals surface area contributed by atoms with Crippen molar-refractivity contribution in [1.29, 1.82) is 0 Å². The molecule has 1 unspecified atom stereocenters. The Kier molecular flexibility index (Phi) is 5.01. The third-order valence-electron chi connectivity index (χ3n) is 3.66. The molecule has 110 valence electrons. The molecular formula is C16H24N2O2. The Bertz CT molecular complexity index is 436. The van der Waals surface area contributed by atoms with E-state index in [1.165, 1.54) is 5.56 Å². The molecule has 1 heterocycles. The van der Waals surface area contributed by atoms with E-state index < -0.39 is 0 Å². The average molecular weight is 276 g/mol. The maximum atomic E-state index is 12.4. The molecule has 1 aliphatic heterocycles. The van der Waals surface area contributed by atoms with Gasteiger partial charge in [0.2, 0.25) is 0 Å². The molecule has 2 rings (SSSR count). The highest BCUT2D eigenvalue weighted by molar-refractivity contribution is 5.78. The predicted octanol–water partition coefficient (Wildman–Crippen LogP) is 1.97. The Morgan fingerprint density at radius 3 is 2.65 bits per heavy atom. The molecular weight excluding hydrogens is 252 g/mol. The molecule has 1 amide bonds. The lowest BCUT2D eigenvalue weighted by molar-refractivity contribution is -0.137. The normalized spacial score (nSPS) is 18.3. The summed E-state index contributed by atoms with van der Waals surface area (Å²) in [6.45, 7) is 8.12. The number of nitrogens with zero attached hydrogens (tertiary/aromatic N) is 1. The molecule has 4 heteroatoms. The molecule has 1 aliphatic rings. The second kappa shape index (κ2) is 6.75. The molecule has 0 spiro atoms. The van der Waals surface area contributed by atoms with E-state index in [9.17, 15) is 4.79 Å². The first-order valence-electron chi connectivity index (χ1n) is 7.29. The number of nitrogens with one attached hydrogen (secondary N) is 1. The third-order valence-corrected chi connectivity index (χ3v) is 3.66. The molecule has 20 heavy (non-hydrogen) atoms. The molecule has 0 saturated carbocycles. The van der Waals surface area contributed by atoms with Crippen molar-refractivity contribution in [3.63, 3.8) is 0 Å². The van der Waals surface area contributed by atoms with E-state index in [0.717, 1.165) is 25.3 Å². The Morgan fingerprint density at radius 2 is 2.10 bits per heavy atom. The molecule has 0 bridgehead atoms. The highest BCUT2D eigenvalue weighted by Gasteiger charge is 2.28. The molecule has 0 aromatic heterocycles. The number of hydrogen-bond donors (Lipinski definition) is 1. The number of aryl methyl sites for hydroxylation is 1. The number of hydrogen-bond acceptors (Lipinski definition) is 3. The number of benzene rings is 1. The van der Waals surface area contributed by atoms with Crippen molar-refractivity contribution >= 4 is 5.91 Å². The van der Waals surface area contributed by atoms with Gasteiger partial charge in [0.25, 0.3) is 5.91 Å². The lowest BCUT2D eigenvalue weighted by Crippen LogP contribution is -2.47. The van der Waals surface area contributed by atoms with Gasteiger partial charge in [-0.1, -0.05) is 17.7 Å². The standard InChI is InChI=1S/C16H24N2O2/c1-12(2)18(14-8-9-17-10-14)16(19)11-20-15-6-4-13(3)5-7-15/h4-7,12,14,17H,8-11H2,1-3H3. The quantitative estimate of drug-likeness (QED) is 0.894. The summed E-state index contributed by atoms with van der Waals surface area (Å²) in [4.78, 5) is 14.3. The van der Waals surface area contributed by atoms with Crippen molar-refractivity contribution in [3.8, 4) is 5.75 Å². The lowest BCUT2D eigenvalue weighted by atomic mass is 10.1. The first kappa shape index (κ1) is 14.9. The fourth-order valence-electron chi connectivity index (χ4n) is 2.64. The third kappa shape index (κ3) is 3.73. The maximum absolute atomic E-state index is 12.4. The van der Waals surface area contributed by atoms with E-state index in [-0.39, 0.29) is 18.6 Å². The number of amides is 1. The van der Waals surface area contributed by atoms with Crippen molar-refractivity contribution < 1.29 is 9.53 Å². The fourth-order valence-corrected chi connectivity index (χ4v) is 2.64. The van der Waals surface area contributed by atoms with Crippen LogP contribution in [-0.4, -0.2) is 42.6 Å². The van der Waals surface area contributed by atoms with Gasteiger partial charge in [0, 0.05) is 18.6 Å². The second-order valence-electron chi connectivity index (χ2n) is 5.64. The van der Waals surface area contributed by atoms with Gasteiger partial charge in [-0.05, 0) is 45.9 Å². The van der Waals surface area contributed by atoms with E-state index in [1.807, 2.05) is 36.1 Å². The highest BCUT2D eigenvalue weighted by atomic mass is 16.5. The Labute approximate surface area is 121 Å². The van der Waals surface area contributed by atoms with Crippen LogP contribution in [0.25, 0.3) is 0 Å². The van der Waals surface area contributed by atoms with Crippen molar-refractivity contribution in [2.45, 2.75) is 39.3 Å². The number of ether oxygens (including phenoxy) is 1. The predicted molar refractivity (Wildman–Crippen MR) is 79.9 cm³/mol. The second-order valence-corrected chi connectivity index (χ2v) is 5.64. The molecule has 1 atom stereocenters. The van der Waals surface area contributed by atoms with Gasteiger partial charge in [0.05, 0.1) is 0 Å². The van der Waals surface area contributed by atoms with Crippen LogP contribution in [-0.2, 0) is 4.79 Å². The minimum Gasteiger partial charge on any atom is -0.484 e. The highest BCUT2D eigenvalue weighted by Crippen LogP contribution is 2.15. The van der Waals surface area contributed by atoms with E-state index in [1.54, 1.807) is 0 Å². The van der Waals surface area contributed by atoms with Gasteiger partial charge in [-0.2, -0.15) is 0 Å². The first-order valence-corrected chi connectivity index (χ1v) is 7.29. The van der Waals surface area contributed by atoms with E-state index >= 15 is 0 Å². The fraction of sp³-hybridized carbons (Fsp3) is 0.562. The summed E-state index contributed by atoms with van der Waals surface area (Å²) in [5.41, 5.74) is 1.18. The Hall–Kier alpha value is -1.55. The topological polar surface area (TPSA) is 41.6 Å². The summed E-state index contributed by atoms with van der Waals surface area (Å²) in [6.07, 6.45) is 1.02. The van der Waals surface area contributed by atoms with E-state index in [0.29, 0.717) is 6.04 Å². The molecule has 1 N–H and O–H groups in total. The molecule has 4 nitrogen and oxygen atoms in total. The lowest BCUT2D eigenvalue weighted by Gasteiger charge is -2.32. The Balaban J connectivity index is 1.92. The van der Waals surface area contributed by atoms with Gasteiger partial charge in [0.1, 0.15) is 5.75 Å². The summed E-state index contributed by atoms with van der Waals surface area (Å²) in [5.74, 6) is 0.812.